The largest absolute Gasteiger partial charge is 0.378 e. The molecule has 2 atom stereocenters. The number of nitrogens with one attached hydrogen (secondary N) is 2. The van der Waals surface area contributed by atoms with Crippen molar-refractivity contribution in [3.8, 4) is 0 Å². The lowest BCUT2D eigenvalue weighted by molar-refractivity contribution is -0.133. The number of aliphatic imine (C=N–C) groups is 1. The molecule has 1 aromatic heterocycles. The first kappa shape index (κ1) is 26.1. The number of anilines is 1. The first-order chi connectivity index (χ1) is 14.7. The second-order valence-electron chi connectivity index (χ2n) is 8.10. The first-order valence-corrected chi connectivity index (χ1v) is 11.6. The zero-order valence-corrected chi connectivity index (χ0v) is 21.9. The summed E-state index contributed by atoms with van der Waals surface area (Å²) in [4.78, 5) is 11.9. The summed E-state index contributed by atoms with van der Waals surface area (Å²) in [5.41, 5.74) is 1.33. The second kappa shape index (κ2) is 12.8. The van der Waals surface area contributed by atoms with E-state index in [9.17, 15) is 0 Å². The highest BCUT2D eigenvalue weighted by molar-refractivity contribution is 14.0. The quantitative estimate of drug-likeness (QED) is 0.281. The van der Waals surface area contributed by atoms with Gasteiger partial charge in [0.2, 0.25) is 0 Å². The Kier molecular flexibility index (Phi) is 10.8. The monoisotopic (exact) mass is 545 g/mol. The first-order valence-electron chi connectivity index (χ1n) is 11.6. The van der Waals surface area contributed by atoms with E-state index in [0.717, 1.165) is 76.1 Å². The standard InChI is InChI=1S/C23H39N5O2.HI/c1-5-23(6-2)19(16-20(23)30-8-4)27-22(24-7-3)26-17-18-10-9-11-25-21(18)28-12-14-29-15-13-28;/h9-11,19-20H,5-8,12-17H2,1-4H3,(H2,24,26,27);1H. The van der Waals surface area contributed by atoms with Gasteiger partial charge in [-0.3, -0.25) is 0 Å². The van der Waals surface area contributed by atoms with Gasteiger partial charge in [0, 0.05) is 49.5 Å². The molecule has 3 rings (SSSR count). The van der Waals surface area contributed by atoms with Gasteiger partial charge in [0.05, 0.1) is 25.9 Å². The van der Waals surface area contributed by atoms with Crippen LogP contribution in [-0.2, 0) is 16.0 Å². The summed E-state index contributed by atoms with van der Waals surface area (Å²) in [6.07, 6.45) is 5.44. The van der Waals surface area contributed by atoms with E-state index in [1.807, 2.05) is 12.3 Å². The van der Waals surface area contributed by atoms with E-state index in [-0.39, 0.29) is 29.4 Å². The third kappa shape index (κ3) is 6.01. The Morgan fingerprint density at radius 3 is 2.65 bits per heavy atom. The van der Waals surface area contributed by atoms with Crippen LogP contribution in [0.4, 0.5) is 5.82 Å². The molecule has 1 saturated heterocycles. The van der Waals surface area contributed by atoms with Gasteiger partial charge in [0.25, 0.3) is 0 Å². The lowest BCUT2D eigenvalue weighted by Gasteiger charge is -2.55. The van der Waals surface area contributed by atoms with E-state index in [1.54, 1.807) is 0 Å². The number of pyridine rings is 1. The average Bonchev–Trinajstić information content (AvgIpc) is 2.78. The van der Waals surface area contributed by atoms with Crippen LogP contribution in [-0.4, -0.2) is 62.5 Å². The van der Waals surface area contributed by atoms with E-state index in [4.69, 9.17) is 14.5 Å². The molecule has 0 amide bonds. The molecule has 1 aliphatic carbocycles. The van der Waals surface area contributed by atoms with Crippen LogP contribution in [0.15, 0.2) is 23.3 Å². The molecule has 2 N–H and O–H groups in total. The van der Waals surface area contributed by atoms with Gasteiger partial charge in [-0.15, -0.1) is 24.0 Å². The highest BCUT2D eigenvalue weighted by atomic mass is 127. The Morgan fingerprint density at radius 1 is 1.26 bits per heavy atom. The minimum absolute atomic E-state index is 0. The zero-order valence-electron chi connectivity index (χ0n) is 19.5. The molecule has 0 spiro atoms. The molecule has 1 aliphatic heterocycles. The number of rotatable bonds is 9. The Balaban J connectivity index is 0.00000341. The molecule has 0 aromatic carbocycles. The predicted octanol–water partition coefficient (Wildman–Crippen LogP) is 3.58. The Bertz CT molecular complexity index is 692. The van der Waals surface area contributed by atoms with Gasteiger partial charge in [-0.05, 0) is 39.2 Å². The van der Waals surface area contributed by atoms with Crippen LogP contribution < -0.4 is 15.5 Å². The molecule has 7 nitrogen and oxygen atoms in total. The Labute approximate surface area is 204 Å². The van der Waals surface area contributed by atoms with Gasteiger partial charge < -0.3 is 25.0 Å². The number of halogens is 1. The summed E-state index contributed by atoms with van der Waals surface area (Å²) in [5, 5.41) is 7.14. The third-order valence-corrected chi connectivity index (χ3v) is 6.71. The minimum Gasteiger partial charge on any atom is -0.378 e. The summed E-state index contributed by atoms with van der Waals surface area (Å²) >= 11 is 0. The highest BCUT2D eigenvalue weighted by Crippen LogP contribution is 2.48. The molecule has 2 heterocycles. The molecule has 2 fully saturated rings. The van der Waals surface area contributed by atoms with Gasteiger partial charge in [0.15, 0.2) is 5.96 Å². The summed E-state index contributed by atoms with van der Waals surface area (Å²) in [5.74, 6) is 1.90. The van der Waals surface area contributed by atoms with Crippen LogP contribution >= 0.6 is 24.0 Å². The second-order valence-corrected chi connectivity index (χ2v) is 8.10. The SMILES string of the molecule is CCNC(=NCc1cccnc1N1CCOCC1)NC1CC(OCC)C1(CC)CC.I. The fourth-order valence-electron chi connectivity index (χ4n) is 4.85. The van der Waals surface area contributed by atoms with Crippen molar-refractivity contribution in [1.29, 1.82) is 0 Å². The lowest BCUT2D eigenvalue weighted by atomic mass is 9.58. The molecule has 0 radical (unpaired) electrons. The maximum atomic E-state index is 6.04. The van der Waals surface area contributed by atoms with Crippen molar-refractivity contribution in [3.63, 3.8) is 0 Å². The molecule has 1 saturated carbocycles. The van der Waals surface area contributed by atoms with Crippen molar-refractivity contribution >= 4 is 35.8 Å². The molecular formula is C23H40IN5O2. The van der Waals surface area contributed by atoms with Crippen LogP contribution in [0.1, 0.15) is 52.5 Å². The fraction of sp³-hybridized carbons (Fsp3) is 0.739. The number of morpholine rings is 1. The minimum atomic E-state index is 0. The highest BCUT2D eigenvalue weighted by Gasteiger charge is 2.53. The van der Waals surface area contributed by atoms with Crippen molar-refractivity contribution in [2.24, 2.45) is 10.4 Å². The summed E-state index contributed by atoms with van der Waals surface area (Å²) < 4.78 is 11.5. The van der Waals surface area contributed by atoms with E-state index >= 15 is 0 Å². The normalized spacial score (nSPS) is 23.0. The van der Waals surface area contributed by atoms with Crippen LogP contribution in [0.3, 0.4) is 0 Å². The van der Waals surface area contributed by atoms with Gasteiger partial charge >= 0.3 is 0 Å². The Hall–Kier alpha value is -1.13. The third-order valence-electron chi connectivity index (χ3n) is 6.71. The molecule has 0 bridgehead atoms. The van der Waals surface area contributed by atoms with Crippen LogP contribution in [0, 0.1) is 5.41 Å². The van der Waals surface area contributed by atoms with E-state index in [0.29, 0.717) is 18.7 Å². The van der Waals surface area contributed by atoms with Gasteiger partial charge in [0.1, 0.15) is 5.82 Å². The van der Waals surface area contributed by atoms with Crippen LogP contribution in [0.5, 0.6) is 0 Å². The van der Waals surface area contributed by atoms with E-state index in [1.165, 1.54) is 0 Å². The molecule has 8 heteroatoms. The maximum Gasteiger partial charge on any atom is 0.191 e. The topological polar surface area (TPSA) is 71.0 Å². The molecule has 2 unspecified atom stereocenters. The number of nitrogens with zero attached hydrogens (tertiary/aromatic N) is 3. The number of hydrogen-bond donors (Lipinski definition) is 2. The van der Waals surface area contributed by atoms with Gasteiger partial charge in [-0.1, -0.05) is 19.9 Å². The smallest absolute Gasteiger partial charge is 0.191 e. The molecule has 176 valence electrons. The van der Waals surface area contributed by atoms with E-state index in [2.05, 4.69) is 54.3 Å². The summed E-state index contributed by atoms with van der Waals surface area (Å²) in [6.45, 7) is 14.2. The molecule has 31 heavy (non-hydrogen) atoms. The van der Waals surface area contributed by atoms with Crippen LogP contribution in [0.2, 0.25) is 0 Å². The lowest BCUT2D eigenvalue weighted by Crippen LogP contribution is -2.65. The van der Waals surface area contributed by atoms with Crippen molar-refractivity contribution in [1.82, 2.24) is 15.6 Å². The van der Waals surface area contributed by atoms with Crippen molar-refractivity contribution in [3.05, 3.63) is 23.9 Å². The summed E-state index contributed by atoms with van der Waals surface area (Å²) in [7, 11) is 0. The van der Waals surface area contributed by atoms with Gasteiger partial charge in [-0.2, -0.15) is 0 Å². The molecule has 2 aliphatic rings. The van der Waals surface area contributed by atoms with E-state index < -0.39 is 0 Å². The van der Waals surface area contributed by atoms with Gasteiger partial charge in [-0.25, -0.2) is 9.98 Å². The Morgan fingerprint density at radius 2 is 2.00 bits per heavy atom. The van der Waals surface area contributed by atoms with Crippen molar-refractivity contribution < 1.29 is 9.47 Å². The molecule has 1 aromatic rings. The zero-order chi connectivity index (χ0) is 21.4. The number of ether oxygens (including phenoxy) is 2. The number of hydrogen-bond acceptors (Lipinski definition) is 5. The average molecular weight is 546 g/mol. The van der Waals surface area contributed by atoms with Crippen LogP contribution in [0.25, 0.3) is 0 Å². The maximum absolute atomic E-state index is 6.04. The van der Waals surface area contributed by atoms with Crippen molar-refractivity contribution in [2.75, 3.05) is 44.4 Å². The number of guanidine groups is 1. The predicted molar refractivity (Wildman–Crippen MR) is 137 cm³/mol. The fourth-order valence-corrected chi connectivity index (χ4v) is 4.85. The summed E-state index contributed by atoms with van der Waals surface area (Å²) in [6, 6.07) is 4.50. The van der Waals surface area contributed by atoms with Crippen molar-refractivity contribution in [2.45, 2.75) is 65.6 Å². The molecular weight excluding hydrogens is 505 g/mol. The number of aromatic nitrogens is 1.